The molecule has 0 fully saturated rings. The second kappa shape index (κ2) is 5.78. The molecule has 1 aromatic heterocycles. The fraction of sp³-hybridized carbons (Fsp3) is 0.111. The van der Waals surface area contributed by atoms with Gasteiger partial charge in [0.05, 0.1) is 11.6 Å². The molecule has 2 aromatic carbocycles. The van der Waals surface area contributed by atoms with E-state index in [0.717, 1.165) is 26.5 Å². The Labute approximate surface area is 132 Å². The fourth-order valence-corrected chi connectivity index (χ4v) is 2.77. The Balaban J connectivity index is 1.96. The second-order valence-corrected chi connectivity index (χ2v) is 5.96. The molecule has 0 saturated heterocycles. The smallest absolute Gasteiger partial charge is 0.171 e. The minimum atomic E-state index is -0.237. The predicted molar refractivity (Wildman–Crippen MR) is 88.6 cm³/mol. The third-order valence-corrected chi connectivity index (χ3v) is 4.10. The van der Waals surface area contributed by atoms with Gasteiger partial charge >= 0.3 is 0 Å². The highest BCUT2D eigenvalue weighted by Gasteiger charge is 2.18. The molecule has 1 atom stereocenters. The van der Waals surface area contributed by atoms with Crippen molar-refractivity contribution in [2.75, 3.05) is 0 Å². The van der Waals surface area contributed by atoms with Gasteiger partial charge in [0.25, 0.3) is 0 Å². The van der Waals surface area contributed by atoms with Crippen LogP contribution in [0.3, 0.4) is 0 Å². The number of carbonyl (C=O) groups is 1. The lowest BCUT2D eigenvalue weighted by atomic mass is 9.94. The molecule has 0 aliphatic carbocycles. The molecule has 3 heteroatoms. The monoisotopic (exact) mass is 339 g/mol. The number of nitrogens with zero attached hydrogens (tertiary/aromatic N) is 1. The molecule has 0 N–H and O–H groups in total. The van der Waals surface area contributed by atoms with Gasteiger partial charge in [-0.3, -0.25) is 9.78 Å². The number of Topliss-reactive ketones (excluding diaryl/α,β-unsaturated/α-hetero) is 1. The van der Waals surface area contributed by atoms with E-state index in [1.807, 2.05) is 61.5 Å². The standard InChI is InChI=1S/C18H14BrNO/c1-12(17-4-2-3-9-20-17)18(21)15-6-5-14-11-16(19)8-7-13(14)10-15/h2-12H,1H3. The number of fused-ring (bicyclic) bond motifs is 1. The predicted octanol–water partition coefficient (Wildman–Crippen LogP) is 4.98. The average Bonchev–Trinajstić information content (AvgIpc) is 2.53. The van der Waals surface area contributed by atoms with Crippen LogP contribution < -0.4 is 0 Å². The van der Waals surface area contributed by atoms with E-state index in [1.54, 1.807) is 6.20 Å². The number of pyridine rings is 1. The van der Waals surface area contributed by atoms with E-state index in [9.17, 15) is 4.79 Å². The molecule has 3 rings (SSSR count). The van der Waals surface area contributed by atoms with Gasteiger partial charge in [0.15, 0.2) is 5.78 Å². The number of hydrogen-bond acceptors (Lipinski definition) is 2. The lowest BCUT2D eigenvalue weighted by Gasteiger charge is -2.10. The van der Waals surface area contributed by atoms with Crippen LogP contribution in [0.1, 0.15) is 28.9 Å². The summed E-state index contributed by atoms with van der Waals surface area (Å²) in [5, 5.41) is 2.18. The van der Waals surface area contributed by atoms with Crippen LogP contribution in [0.2, 0.25) is 0 Å². The summed E-state index contributed by atoms with van der Waals surface area (Å²) in [5.74, 6) is -0.141. The number of benzene rings is 2. The SMILES string of the molecule is CC(C(=O)c1ccc2cc(Br)ccc2c1)c1ccccn1. The lowest BCUT2D eigenvalue weighted by Crippen LogP contribution is -2.10. The maximum atomic E-state index is 12.6. The quantitative estimate of drug-likeness (QED) is 0.629. The third kappa shape index (κ3) is 2.88. The number of aromatic nitrogens is 1. The first-order valence-electron chi connectivity index (χ1n) is 6.79. The highest BCUT2D eigenvalue weighted by atomic mass is 79.9. The Morgan fingerprint density at radius 1 is 1.05 bits per heavy atom. The molecule has 3 aromatic rings. The number of ketones is 1. The van der Waals surface area contributed by atoms with Gasteiger partial charge < -0.3 is 0 Å². The molecule has 104 valence electrons. The van der Waals surface area contributed by atoms with Crippen molar-refractivity contribution in [1.29, 1.82) is 0 Å². The van der Waals surface area contributed by atoms with Crippen LogP contribution >= 0.6 is 15.9 Å². The Morgan fingerprint density at radius 2 is 1.81 bits per heavy atom. The van der Waals surface area contributed by atoms with Gasteiger partial charge in [0.2, 0.25) is 0 Å². The van der Waals surface area contributed by atoms with Gasteiger partial charge in [0.1, 0.15) is 0 Å². The van der Waals surface area contributed by atoms with Crippen molar-refractivity contribution in [3.8, 4) is 0 Å². The average molecular weight is 340 g/mol. The molecule has 0 amide bonds. The van der Waals surface area contributed by atoms with Crippen LogP contribution in [0.4, 0.5) is 0 Å². The first kappa shape index (κ1) is 14.0. The summed E-state index contributed by atoms with van der Waals surface area (Å²) >= 11 is 3.46. The minimum absolute atomic E-state index is 0.0959. The van der Waals surface area contributed by atoms with Crippen LogP contribution in [-0.4, -0.2) is 10.8 Å². The van der Waals surface area contributed by atoms with E-state index in [1.165, 1.54) is 0 Å². The molecule has 0 saturated carbocycles. The van der Waals surface area contributed by atoms with Crippen molar-refractivity contribution in [1.82, 2.24) is 4.98 Å². The molecule has 2 nitrogen and oxygen atoms in total. The number of halogens is 1. The van der Waals surface area contributed by atoms with Crippen molar-refractivity contribution in [2.45, 2.75) is 12.8 Å². The van der Waals surface area contributed by atoms with E-state index in [4.69, 9.17) is 0 Å². The zero-order valence-corrected chi connectivity index (χ0v) is 13.2. The topological polar surface area (TPSA) is 30.0 Å². The molecule has 0 aliphatic rings. The summed E-state index contributed by atoms with van der Waals surface area (Å²) in [4.78, 5) is 16.9. The Kier molecular flexibility index (Phi) is 3.84. The first-order chi connectivity index (χ1) is 10.1. The molecule has 0 spiro atoms. The summed E-state index contributed by atoms with van der Waals surface area (Å²) in [7, 11) is 0. The number of carbonyl (C=O) groups excluding carboxylic acids is 1. The summed E-state index contributed by atoms with van der Waals surface area (Å²) in [6, 6.07) is 17.5. The van der Waals surface area contributed by atoms with Crippen LogP contribution in [0.5, 0.6) is 0 Å². The number of hydrogen-bond donors (Lipinski definition) is 0. The maximum absolute atomic E-state index is 12.6. The molecular formula is C18H14BrNO. The second-order valence-electron chi connectivity index (χ2n) is 5.05. The molecule has 0 bridgehead atoms. The Morgan fingerprint density at radius 3 is 2.57 bits per heavy atom. The van der Waals surface area contributed by atoms with E-state index < -0.39 is 0 Å². The van der Waals surface area contributed by atoms with E-state index in [2.05, 4.69) is 20.9 Å². The van der Waals surface area contributed by atoms with Crippen molar-refractivity contribution >= 4 is 32.5 Å². The summed E-state index contributed by atoms with van der Waals surface area (Å²) < 4.78 is 1.04. The van der Waals surface area contributed by atoms with E-state index in [-0.39, 0.29) is 11.7 Å². The third-order valence-electron chi connectivity index (χ3n) is 3.61. The summed E-state index contributed by atoms with van der Waals surface area (Å²) in [6.07, 6.45) is 1.72. The summed E-state index contributed by atoms with van der Waals surface area (Å²) in [5.41, 5.74) is 1.53. The van der Waals surface area contributed by atoms with Gasteiger partial charge in [-0.15, -0.1) is 0 Å². The zero-order valence-electron chi connectivity index (χ0n) is 11.6. The Bertz CT molecular complexity index is 799. The summed E-state index contributed by atoms with van der Waals surface area (Å²) in [6.45, 7) is 1.90. The van der Waals surface area contributed by atoms with Crippen LogP contribution in [0, 0.1) is 0 Å². The first-order valence-corrected chi connectivity index (χ1v) is 7.59. The highest BCUT2D eigenvalue weighted by Crippen LogP contribution is 2.24. The number of rotatable bonds is 3. The van der Waals surface area contributed by atoms with Crippen molar-refractivity contribution in [3.05, 3.63) is 76.5 Å². The van der Waals surface area contributed by atoms with Gasteiger partial charge in [-0.05, 0) is 48.0 Å². The molecule has 0 aliphatic heterocycles. The molecule has 1 heterocycles. The van der Waals surface area contributed by atoms with Crippen molar-refractivity contribution < 1.29 is 4.79 Å². The van der Waals surface area contributed by atoms with Gasteiger partial charge in [-0.25, -0.2) is 0 Å². The van der Waals surface area contributed by atoms with Gasteiger partial charge in [-0.2, -0.15) is 0 Å². The molecule has 21 heavy (non-hydrogen) atoms. The largest absolute Gasteiger partial charge is 0.293 e. The van der Waals surface area contributed by atoms with Gasteiger partial charge in [0, 0.05) is 16.2 Å². The van der Waals surface area contributed by atoms with Crippen LogP contribution in [0.25, 0.3) is 10.8 Å². The van der Waals surface area contributed by atoms with E-state index in [0.29, 0.717) is 0 Å². The fourth-order valence-electron chi connectivity index (χ4n) is 2.39. The van der Waals surface area contributed by atoms with Crippen molar-refractivity contribution in [2.24, 2.45) is 0 Å². The minimum Gasteiger partial charge on any atom is -0.293 e. The molecular weight excluding hydrogens is 326 g/mol. The maximum Gasteiger partial charge on any atom is 0.171 e. The van der Waals surface area contributed by atoms with Crippen LogP contribution in [0.15, 0.2) is 65.3 Å². The Hall–Kier alpha value is -2.00. The molecule has 1 unspecified atom stereocenters. The van der Waals surface area contributed by atoms with Gasteiger partial charge in [-0.1, -0.05) is 40.2 Å². The lowest BCUT2D eigenvalue weighted by molar-refractivity contribution is 0.0964. The molecule has 0 radical (unpaired) electrons. The van der Waals surface area contributed by atoms with Crippen LogP contribution in [-0.2, 0) is 0 Å². The van der Waals surface area contributed by atoms with Crippen molar-refractivity contribution in [3.63, 3.8) is 0 Å². The van der Waals surface area contributed by atoms with E-state index >= 15 is 0 Å². The zero-order chi connectivity index (χ0) is 14.8. The highest BCUT2D eigenvalue weighted by molar-refractivity contribution is 9.10. The normalized spacial score (nSPS) is 12.3.